The number of rotatable bonds is 5. The van der Waals surface area contributed by atoms with Crippen LogP contribution in [0.4, 0.5) is 0 Å². The zero-order chi connectivity index (χ0) is 21.1. The van der Waals surface area contributed by atoms with Crippen LogP contribution in [0.3, 0.4) is 0 Å². The second-order valence-electron chi connectivity index (χ2n) is 6.00. The van der Waals surface area contributed by atoms with Crippen molar-refractivity contribution in [2.24, 2.45) is 0 Å². The molecule has 0 spiro atoms. The number of carbonyl (C=O) groups is 2. The summed E-state index contributed by atoms with van der Waals surface area (Å²) in [7, 11) is 0. The third-order valence-corrected chi connectivity index (χ3v) is 7.99. The van der Waals surface area contributed by atoms with E-state index in [-0.39, 0.29) is 23.1 Å². The molecule has 0 bridgehead atoms. The molecule has 10 heteroatoms. The van der Waals surface area contributed by atoms with Gasteiger partial charge in [-0.05, 0) is 59.9 Å². The molecule has 2 aromatic heterocycles. The predicted molar refractivity (Wildman–Crippen MR) is 120 cm³/mol. The van der Waals surface area contributed by atoms with Crippen LogP contribution in [0, 0.1) is 22.7 Å². The topological polar surface area (TPSA) is 107 Å². The number of hydrogen-bond acceptors (Lipinski definition) is 10. The van der Waals surface area contributed by atoms with Gasteiger partial charge in [0, 0.05) is 12.8 Å². The van der Waals surface area contributed by atoms with E-state index in [9.17, 15) is 9.59 Å². The Morgan fingerprint density at radius 3 is 1.63 bits per heavy atom. The summed E-state index contributed by atoms with van der Waals surface area (Å²) in [5, 5.41) is 17.6. The van der Waals surface area contributed by atoms with E-state index in [2.05, 4.69) is 22.1 Å². The van der Waals surface area contributed by atoms with Crippen LogP contribution >= 0.6 is 46.2 Å². The number of nitriles is 2. The van der Waals surface area contributed by atoms with Crippen LogP contribution < -0.4 is 0 Å². The summed E-state index contributed by atoms with van der Waals surface area (Å²) < 4.78 is 3.02. The van der Waals surface area contributed by atoms with Crippen molar-refractivity contribution in [1.29, 1.82) is 10.5 Å². The number of fused-ring (bicyclic) bond motifs is 2. The van der Waals surface area contributed by atoms with Gasteiger partial charge >= 0.3 is 0 Å². The van der Waals surface area contributed by atoms with Crippen molar-refractivity contribution in [3.8, 4) is 12.1 Å². The van der Waals surface area contributed by atoms with Gasteiger partial charge in [0.05, 0.1) is 43.7 Å². The van der Waals surface area contributed by atoms with Gasteiger partial charge < -0.3 is 0 Å². The normalized spacial score (nSPS) is 10.7. The maximum atomic E-state index is 12.3. The van der Waals surface area contributed by atoms with Crippen molar-refractivity contribution in [3.63, 3.8) is 0 Å². The zero-order valence-corrected chi connectivity index (χ0v) is 18.4. The van der Waals surface area contributed by atoms with Gasteiger partial charge in [-0.2, -0.15) is 10.5 Å². The lowest BCUT2D eigenvalue weighted by molar-refractivity contribution is -0.115. The lowest BCUT2D eigenvalue weighted by atomic mass is 10.2. The van der Waals surface area contributed by atoms with Gasteiger partial charge in [-0.3, -0.25) is 9.59 Å². The largest absolute Gasteiger partial charge is 0.287 e. The fourth-order valence-corrected chi connectivity index (χ4v) is 6.41. The van der Waals surface area contributed by atoms with Gasteiger partial charge in [-0.25, -0.2) is 9.97 Å². The standard InChI is InChI=1S/C20H10N4O2S4/c21-9-11-1-3-15-13(7-11)23-19(27-15)29-17(25)5-6-18(26)30-20-24-14-8-12(10-22)2-4-16(14)28-20/h1-4,7-8H,5-6H2. The van der Waals surface area contributed by atoms with Crippen molar-refractivity contribution >= 4 is 76.9 Å². The van der Waals surface area contributed by atoms with E-state index in [0.29, 0.717) is 30.8 Å². The molecule has 4 rings (SSSR count). The molecule has 2 aromatic carbocycles. The summed E-state index contributed by atoms with van der Waals surface area (Å²) in [5.41, 5.74) is 2.43. The van der Waals surface area contributed by atoms with Crippen LogP contribution in [-0.4, -0.2) is 20.2 Å². The molecule has 0 N–H and O–H groups in total. The highest BCUT2D eigenvalue weighted by molar-refractivity contribution is 8.15. The first-order chi connectivity index (χ1) is 14.5. The minimum absolute atomic E-state index is 0.110. The van der Waals surface area contributed by atoms with Crippen molar-refractivity contribution in [2.45, 2.75) is 21.5 Å². The van der Waals surface area contributed by atoms with Crippen LogP contribution in [0.15, 0.2) is 45.1 Å². The Hall–Kier alpha value is -2.76. The Morgan fingerprint density at radius 1 is 0.800 bits per heavy atom. The van der Waals surface area contributed by atoms with Crippen LogP contribution in [0.5, 0.6) is 0 Å². The van der Waals surface area contributed by atoms with E-state index in [4.69, 9.17) is 10.5 Å². The number of nitrogens with zero attached hydrogens (tertiary/aromatic N) is 4. The number of carbonyl (C=O) groups excluding carboxylic acids is 2. The molecule has 0 saturated heterocycles. The predicted octanol–water partition coefficient (Wildman–Crippen LogP) is 5.37. The number of thiazole rings is 2. The average molecular weight is 467 g/mol. The van der Waals surface area contributed by atoms with E-state index in [0.717, 1.165) is 32.9 Å². The first kappa shape index (κ1) is 20.5. The lowest BCUT2D eigenvalue weighted by Crippen LogP contribution is -1.97. The van der Waals surface area contributed by atoms with Crippen molar-refractivity contribution in [3.05, 3.63) is 47.5 Å². The maximum absolute atomic E-state index is 12.3. The van der Waals surface area contributed by atoms with Crippen LogP contribution in [0.2, 0.25) is 0 Å². The molecule has 2 heterocycles. The van der Waals surface area contributed by atoms with Gasteiger partial charge in [0.1, 0.15) is 0 Å². The van der Waals surface area contributed by atoms with E-state index in [1.807, 2.05) is 12.1 Å². The Balaban J connectivity index is 1.33. The third-order valence-electron chi connectivity index (χ3n) is 3.93. The number of aromatic nitrogens is 2. The molecule has 146 valence electrons. The molecule has 0 unspecified atom stereocenters. The van der Waals surface area contributed by atoms with Gasteiger partial charge in [-0.15, -0.1) is 22.7 Å². The molecule has 0 saturated carbocycles. The molecular weight excluding hydrogens is 457 g/mol. The monoisotopic (exact) mass is 466 g/mol. The Labute approximate surface area is 187 Å². The molecule has 0 atom stereocenters. The minimum atomic E-state index is -0.133. The molecule has 0 fully saturated rings. The molecule has 0 radical (unpaired) electrons. The smallest absolute Gasteiger partial charge is 0.196 e. The van der Waals surface area contributed by atoms with Crippen LogP contribution in [-0.2, 0) is 9.59 Å². The van der Waals surface area contributed by atoms with Crippen molar-refractivity contribution in [2.75, 3.05) is 0 Å². The molecule has 0 aliphatic heterocycles. The molecule has 6 nitrogen and oxygen atoms in total. The second kappa shape index (κ2) is 8.94. The van der Waals surface area contributed by atoms with Gasteiger partial charge in [0.2, 0.25) is 0 Å². The number of thioether (sulfide) groups is 2. The highest BCUT2D eigenvalue weighted by atomic mass is 32.2. The minimum Gasteiger partial charge on any atom is -0.287 e. The molecule has 0 aliphatic carbocycles. The van der Waals surface area contributed by atoms with Crippen LogP contribution in [0.1, 0.15) is 24.0 Å². The first-order valence-corrected chi connectivity index (χ1v) is 11.8. The highest BCUT2D eigenvalue weighted by Crippen LogP contribution is 2.33. The average Bonchev–Trinajstić information content (AvgIpc) is 3.33. The number of hydrogen-bond donors (Lipinski definition) is 0. The molecule has 30 heavy (non-hydrogen) atoms. The fourth-order valence-electron chi connectivity index (χ4n) is 2.54. The Morgan fingerprint density at radius 2 is 1.23 bits per heavy atom. The van der Waals surface area contributed by atoms with Crippen LogP contribution in [0.25, 0.3) is 20.4 Å². The van der Waals surface area contributed by atoms with E-state index in [1.165, 1.54) is 22.7 Å². The fraction of sp³-hybridized carbons (Fsp3) is 0.100. The maximum Gasteiger partial charge on any atom is 0.196 e. The Kier molecular flexibility index (Phi) is 6.11. The van der Waals surface area contributed by atoms with E-state index < -0.39 is 0 Å². The van der Waals surface area contributed by atoms with E-state index in [1.54, 1.807) is 24.3 Å². The summed E-state index contributed by atoms with van der Waals surface area (Å²) >= 11 is 4.81. The quantitative estimate of drug-likeness (QED) is 0.361. The summed E-state index contributed by atoms with van der Waals surface area (Å²) in [4.78, 5) is 33.3. The molecule has 0 amide bonds. The summed E-state index contributed by atoms with van der Waals surface area (Å²) in [6, 6.07) is 14.6. The number of benzene rings is 2. The first-order valence-electron chi connectivity index (χ1n) is 8.57. The molecular formula is C20H10N4O2S4. The van der Waals surface area contributed by atoms with Gasteiger partial charge in [0.25, 0.3) is 0 Å². The lowest BCUT2D eigenvalue weighted by Gasteiger charge is -1.97. The SMILES string of the molecule is N#Cc1ccc2sc(SC(=O)CCC(=O)Sc3nc4cc(C#N)ccc4s3)nc2c1. The van der Waals surface area contributed by atoms with Crippen molar-refractivity contribution in [1.82, 2.24) is 9.97 Å². The van der Waals surface area contributed by atoms with Gasteiger partial charge in [0.15, 0.2) is 18.9 Å². The summed E-state index contributed by atoms with van der Waals surface area (Å²) in [6.45, 7) is 0. The molecule has 0 aliphatic rings. The highest BCUT2D eigenvalue weighted by Gasteiger charge is 2.15. The Bertz CT molecular complexity index is 1270. The van der Waals surface area contributed by atoms with Gasteiger partial charge in [-0.1, -0.05) is 0 Å². The third kappa shape index (κ3) is 4.69. The van der Waals surface area contributed by atoms with Crippen molar-refractivity contribution < 1.29 is 9.59 Å². The zero-order valence-electron chi connectivity index (χ0n) is 15.1. The van der Waals surface area contributed by atoms with E-state index >= 15 is 0 Å². The summed E-state index contributed by atoms with van der Waals surface area (Å²) in [5.74, 6) is 0. The summed E-state index contributed by atoms with van der Waals surface area (Å²) in [6.07, 6.45) is 0.221. The second-order valence-corrected chi connectivity index (χ2v) is 10.7. The molecule has 4 aromatic rings.